The van der Waals surface area contributed by atoms with Crippen molar-refractivity contribution in [3.63, 3.8) is 0 Å². The Morgan fingerprint density at radius 2 is 2.11 bits per heavy atom. The highest BCUT2D eigenvalue weighted by Gasteiger charge is 2.35. The Balaban J connectivity index is 3.16. The number of benzene rings is 1. The highest BCUT2D eigenvalue weighted by atomic mass is 79.9. The summed E-state index contributed by atoms with van der Waals surface area (Å²) in [5.74, 6) is 5.33. The summed E-state index contributed by atoms with van der Waals surface area (Å²) in [6.45, 7) is 3.55. The standard InChI is InChI=1S/C12H14BrF3N2/c1-2-3-4-11(18-17)9-6-5-8(13)7-10(9)12(14,15)16/h2,5-7,11,18H,1,3-4,17H2. The zero-order valence-electron chi connectivity index (χ0n) is 9.60. The molecule has 0 fully saturated rings. The smallest absolute Gasteiger partial charge is 0.271 e. The Morgan fingerprint density at radius 1 is 1.44 bits per heavy atom. The second kappa shape index (κ2) is 6.36. The van der Waals surface area contributed by atoms with Gasteiger partial charge in [0.05, 0.1) is 5.56 Å². The van der Waals surface area contributed by atoms with E-state index in [2.05, 4.69) is 27.9 Å². The molecular weight excluding hydrogens is 309 g/mol. The lowest BCUT2D eigenvalue weighted by Gasteiger charge is -2.21. The van der Waals surface area contributed by atoms with E-state index in [4.69, 9.17) is 5.84 Å². The van der Waals surface area contributed by atoms with E-state index in [1.165, 1.54) is 6.07 Å². The van der Waals surface area contributed by atoms with Gasteiger partial charge in [0.2, 0.25) is 0 Å². The van der Waals surface area contributed by atoms with Gasteiger partial charge in [0, 0.05) is 10.5 Å². The number of hydrogen-bond donors (Lipinski definition) is 2. The Kier molecular flexibility index (Phi) is 5.37. The first-order chi connectivity index (χ1) is 8.40. The summed E-state index contributed by atoms with van der Waals surface area (Å²) in [5, 5.41) is 0. The fourth-order valence-electron chi connectivity index (χ4n) is 1.69. The molecule has 1 atom stereocenters. The monoisotopic (exact) mass is 322 g/mol. The van der Waals surface area contributed by atoms with Crippen LogP contribution in [0.25, 0.3) is 0 Å². The van der Waals surface area contributed by atoms with Crippen LogP contribution in [0.2, 0.25) is 0 Å². The zero-order valence-corrected chi connectivity index (χ0v) is 11.2. The molecule has 0 amide bonds. The number of alkyl halides is 3. The van der Waals surface area contributed by atoms with E-state index in [-0.39, 0.29) is 5.56 Å². The summed E-state index contributed by atoms with van der Waals surface area (Å²) in [5.41, 5.74) is 1.89. The van der Waals surface area contributed by atoms with Crippen molar-refractivity contribution < 1.29 is 13.2 Å². The van der Waals surface area contributed by atoms with Crippen molar-refractivity contribution in [2.24, 2.45) is 5.84 Å². The number of allylic oxidation sites excluding steroid dienone is 1. The predicted molar refractivity (Wildman–Crippen MR) is 68.6 cm³/mol. The van der Waals surface area contributed by atoms with Crippen molar-refractivity contribution in [3.05, 3.63) is 46.5 Å². The van der Waals surface area contributed by atoms with E-state index in [0.29, 0.717) is 17.3 Å². The molecule has 1 rings (SSSR count). The van der Waals surface area contributed by atoms with Gasteiger partial charge in [-0.2, -0.15) is 13.2 Å². The van der Waals surface area contributed by atoms with Crippen LogP contribution in [0.5, 0.6) is 0 Å². The molecule has 6 heteroatoms. The summed E-state index contributed by atoms with van der Waals surface area (Å²) in [6.07, 6.45) is -1.70. The minimum atomic E-state index is -4.40. The van der Waals surface area contributed by atoms with Crippen LogP contribution in [0.1, 0.15) is 30.0 Å². The van der Waals surface area contributed by atoms with E-state index in [1.807, 2.05) is 0 Å². The molecule has 0 saturated carbocycles. The van der Waals surface area contributed by atoms with Crippen molar-refractivity contribution in [1.82, 2.24) is 5.43 Å². The number of nitrogens with two attached hydrogens (primary N) is 1. The van der Waals surface area contributed by atoms with Crippen LogP contribution in [-0.2, 0) is 6.18 Å². The van der Waals surface area contributed by atoms with Crippen molar-refractivity contribution >= 4 is 15.9 Å². The molecule has 0 bridgehead atoms. The zero-order chi connectivity index (χ0) is 13.8. The fraction of sp³-hybridized carbons (Fsp3) is 0.333. The molecule has 3 N–H and O–H groups in total. The SMILES string of the molecule is C=CCCC(NN)c1ccc(Br)cc1C(F)(F)F. The maximum Gasteiger partial charge on any atom is 0.416 e. The summed E-state index contributed by atoms with van der Waals surface area (Å²) in [7, 11) is 0. The van der Waals surface area contributed by atoms with Gasteiger partial charge in [0.15, 0.2) is 0 Å². The predicted octanol–water partition coefficient (Wildman–Crippen LogP) is 3.94. The first-order valence-electron chi connectivity index (χ1n) is 5.33. The minimum absolute atomic E-state index is 0.148. The van der Waals surface area contributed by atoms with E-state index in [0.717, 1.165) is 6.07 Å². The Hall–Kier alpha value is -0.850. The molecule has 1 unspecified atom stereocenters. The third kappa shape index (κ3) is 3.83. The number of hydrazine groups is 1. The van der Waals surface area contributed by atoms with Crippen LogP contribution in [0.4, 0.5) is 13.2 Å². The van der Waals surface area contributed by atoms with Gasteiger partial charge >= 0.3 is 6.18 Å². The molecule has 1 aromatic carbocycles. The van der Waals surface area contributed by atoms with Crippen molar-refractivity contribution in [2.45, 2.75) is 25.1 Å². The number of nitrogens with one attached hydrogen (secondary N) is 1. The lowest BCUT2D eigenvalue weighted by atomic mass is 9.97. The normalized spacial score (nSPS) is 13.4. The maximum atomic E-state index is 12.9. The maximum absolute atomic E-state index is 12.9. The first kappa shape index (κ1) is 15.2. The van der Waals surface area contributed by atoms with Crippen molar-refractivity contribution in [3.8, 4) is 0 Å². The van der Waals surface area contributed by atoms with Crippen LogP contribution >= 0.6 is 15.9 Å². The molecule has 0 aromatic heterocycles. The van der Waals surface area contributed by atoms with Gasteiger partial charge in [-0.25, -0.2) is 0 Å². The van der Waals surface area contributed by atoms with E-state index in [1.54, 1.807) is 12.1 Å². The van der Waals surface area contributed by atoms with Gasteiger partial charge in [0.1, 0.15) is 0 Å². The van der Waals surface area contributed by atoms with Gasteiger partial charge in [-0.3, -0.25) is 11.3 Å². The minimum Gasteiger partial charge on any atom is -0.271 e. The molecule has 0 aliphatic rings. The van der Waals surface area contributed by atoms with Gasteiger partial charge in [-0.1, -0.05) is 28.1 Å². The van der Waals surface area contributed by atoms with Crippen molar-refractivity contribution in [1.29, 1.82) is 0 Å². The quantitative estimate of drug-likeness (QED) is 0.489. The topological polar surface area (TPSA) is 38.0 Å². The summed E-state index contributed by atoms with van der Waals surface area (Å²) in [4.78, 5) is 0. The molecule has 0 aliphatic heterocycles. The molecule has 100 valence electrons. The van der Waals surface area contributed by atoms with Gasteiger partial charge in [-0.05, 0) is 30.5 Å². The first-order valence-corrected chi connectivity index (χ1v) is 6.13. The van der Waals surface area contributed by atoms with E-state index >= 15 is 0 Å². The van der Waals surface area contributed by atoms with Crippen molar-refractivity contribution in [2.75, 3.05) is 0 Å². The number of hydrogen-bond acceptors (Lipinski definition) is 2. The number of rotatable bonds is 5. The van der Waals surface area contributed by atoms with Crippen LogP contribution in [0.3, 0.4) is 0 Å². The molecule has 0 saturated heterocycles. The van der Waals surface area contributed by atoms with Gasteiger partial charge in [-0.15, -0.1) is 6.58 Å². The molecule has 2 nitrogen and oxygen atoms in total. The fourth-order valence-corrected chi connectivity index (χ4v) is 2.05. The Bertz CT molecular complexity index is 418. The molecule has 0 radical (unpaired) electrons. The molecule has 0 aliphatic carbocycles. The Labute approximate surface area is 112 Å². The average Bonchev–Trinajstić information content (AvgIpc) is 2.30. The third-order valence-corrected chi connectivity index (χ3v) is 3.05. The molecule has 18 heavy (non-hydrogen) atoms. The average molecular weight is 323 g/mol. The summed E-state index contributed by atoms with van der Waals surface area (Å²) in [6, 6.07) is 3.52. The second-order valence-corrected chi connectivity index (χ2v) is 4.73. The third-order valence-electron chi connectivity index (χ3n) is 2.56. The molecule has 0 heterocycles. The molecule has 0 spiro atoms. The highest BCUT2D eigenvalue weighted by molar-refractivity contribution is 9.10. The molecular formula is C12H14BrF3N2. The van der Waals surface area contributed by atoms with E-state index in [9.17, 15) is 13.2 Å². The van der Waals surface area contributed by atoms with Gasteiger partial charge < -0.3 is 0 Å². The van der Waals surface area contributed by atoms with Crippen LogP contribution in [-0.4, -0.2) is 0 Å². The molecule has 1 aromatic rings. The van der Waals surface area contributed by atoms with Gasteiger partial charge in [0.25, 0.3) is 0 Å². The summed E-state index contributed by atoms with van der Waals surface area (Å²) < 4.78 is 39.2. The lowest BCUT2D eigenvalue weighted by Crippen LogP contribution is -2.29. The Morgan fingerprint density at radius 3 is 2.61 bits per heavy atom. The highest BCUT2D eigenvalue weighted by Crippen LogP contribution is 2.37. The van der Waals surface area contributed by atoms with E-state index < -0.39 is 17.8 Å². The van der Waals surface area contributed by atoms with Crippen LogP contribution in [0.15, 0.2) is 35.3 Å². The number of halogens is 4. The van der Waals surface area contributed by atoms with Crippen LogP contribution in [0, 0.1) is 0 Å². The summed E-state index contributed by atoms with van der Waals surface area (Å²) >= 11 is 3.04. The lowest BCUT2D eigenvalue weighted by molar-refractivity contribution is -0.138. The van der Waals surface area contributed by atoms with Crippen LogP contribution < -0.4 is 11.3 Å². The second-order valence-electron chi connectivity index (χ2n) is 3.81. The largest absolute Gasteiger partial charge is 0.416 e.